The van der Waals surface area contributed by atoms with Crippen LogP contribution in [-0.4, -0.2) is 66.1 Å². The first-order valence-electron chi connectivity index (χ1n) is 9.68. The number of aromatic nitrogens is 2. The SMILES string of the molecule is Cc1ccccc1OCC(=O)N1CCCN(S(=O)(=O)c2c(C)nn(C)c2C)CC1. The summed E-state index contributed by atoms with van der Waals surface area (Å²) in [5.74, 6) is 0.545. The number of hydrogen-bond donors (Lipinski definition) is 0. The van der Waals surface area contributed by atoms with Gasteiger partial charge in [0.15, 0.2) is 6.61 Å². The number of nitrogens with zero attached hydrogens (tertiary/aromatic N) is 4. The Morgan fingerprint density at radius 2 is 1.83 bits per heavy atom. The van der Waals surface area contributed by atoms with Gasteiger partial charge in [0.25, 0.3) is 5.91 Å². The minimum absolute atomic E-state index is 0.0571. The van der Waals surface area contributed by atoms with E-state index in [1.807, 2.05) is 31.2 Å². The van der Waals surface area contributed by atoms with Gasteiger partial charge < -0.3 is 9.64 Å². The van der Waals surface area contributed by atoms with Crippen LogP contribution in [0.2, 0.25) is 0 Å². The van der Waals surface area contributed by atoms with Crippen molar-refractivity contribution < 1.29 is 17.9 Å². The van der Waals surface area contributed by atoms with Gasteiger partial charge in [0.05, 0.1) is 11.4 Å². The summed E-state index contributed by atoms with van der Waals surface area (Å²) in [5, 5.41) is 4.23. The molecule has 0 saturated carbocycles. The largest absolute Gasteiger partial charge is 0.484 e. The Balaban J connectivity index is 1.65. The van der Waals surface area contributed by atoms with Gasteiger partial charge in [0, 0.05) is 33.2 Å². The van der Waals surface area contributed by atoms with Crippen molar-refractivity contribution in [1.82, 2.24) is 19.0 Å². The zero-order valence-electron chi connectivity index (χ0n) is 17.4. The minimum Gasteiger partial charge on any atom is -0.484 e. The molecule has 1 fully saturated rings. The van der Waals surface area contributed by atoms with E-state index in [1.165, 1.54) is 4.31 Å². The highest BCUT2D eigenvalue weighted by Crippen LogP contribution is 2.24. The van der Waals surface area contributed by atoms with Gasteiger partial charge in [-0.2, -0.15) is 9.40 Å². The van der Waals surface area contributed by atoms with Crippen molar-refractivity contribution in [3.05, 3.63) is 41.2 Å². The third-order valence-corrected chi connectivity index (χ3v) is 7.44. The Hall–Kier alpha value is -2.39. The molecule has 0 aliphatic carbocycles. The second-order valence-electron chi connectivity index (χ2n) is 7.32. The van der Waals surface area contributed by atoms with Crippen LogP contribution < -0.4 is 4.74 Å². The number of para-hydroxylation sites is 1. The normalized spacial score (nSPS) is 15.9. The number of ether oxygens (including phenoxy) is 1. The van der Waals surface area contributed by atoms with E-state index in [0.717, 1.165) is 5.56 Å². The summed E-state index contributed by atoms with van der Waals surface area (Å²) in [6, 6.07) is 7.54. The summed E-state index contributed by atoms with van der Waals surface area (Å²) in [5.41, 5.74) is 2.08. The Labute approximate surface area is 172 Å². The maximum Gasteiger partial charge on any atom is 0.260 e. The van der Waals surface area contributed by atoms with Crippen LogP contribution in [0, 0.1) is 20.8 Å². The number of amides is 1. The molecule has 29 heavy (non-hydrogen) atoms. The number of benzene rings is 1. The smallest absolute Gasteiger partial charge is 0.260 e. The summed E-state index contributed by atoms with van der Waals surface area (Å²) in [4.78, 5) is 14.5. The van der Waals surface area contributed by atoms with Crippen molar-refractivity contribution in [3.8, 4) is 5.75 Å². The summed E-state index contributed by atoms with van der Waals surface area (Å²) < 4.78 is 35.0. The van der Waals surface area contributed by atoms with Crippen LogP contribution in [0.15, 0.2) is 29.2 Å². The number of hydrogen-bond acceptors (Lipinski definition) is 5. The molecule has 8 nitrogen and oxygen atoms in total. The van der Waals surface area contributed by atoms with Gasteiger partial charge in [0.2, 0.25) is 10.0 Å². The fourth-order valence-corrected chi connectivity index (χ4v) is 5.46. The lowest BCUT2D eigenvalue weighted by Gasteiger charge is -2.22. The van der Waals surface area contributed by atoms with E-state index in [-0.39, 0.29) is 24.0 Å². The number of sulfonamides is 1. The fourth-order valence-electron chi connectivity index (χ4n) is 3.59. The Bertz CT molecular complexity index is 1000. The first kappa shape index (κ1) is 21.3. The van der Waals surface area contributed by atoms with Gasteiger partial charge in [-0.25, -0.2) is 8.42 Å². The number of aryl methyl sites for hydroxylation is 3. The van der Waals surface area contributed by atoms with Crippen LogP contribution in [-0.2, 0) is 21.9 Å². The Morgan fingerprint density at radius 1 is 1.10 bits per heavy atom. The molecule has 158 valence electrons. The summed E-state index contributed by atoms with van der Waals surface area (Å²) in [6.45, 7) is 6.81. The van der Waals surface area contributed by atoms with Crippen molar-refractivity contribution in [1.29, 1.82) is 0 Å². The molecule has 1 amide bonds. The highest BCUT2D eigenvalue weighted by Gasteiger charge is 2.32. The molecule has 0 unspecified atom stereocenters. The molecule has 0 atom stereocenters. The second kappa shape index (κ2) is 8.54. The predicted octanol–water partition coefficient (Wildman–Crippen LogP) is 1.65. The van der Waals surface area contributed by atoms with E-state index in [4.69, 9.17) is 4.74 Å². The van der Waals surface area contributed by atoms with Gasteiger partial charge in [-0.05, 0) is 38.8 Å². The maximum atomic E-state index is 13.2. The lowest BCUT2D eigenvalue weighted by molar-refractivity contribution is -0.133. The summed E-state index contributed by atoms with van der Waals surface area (Å²) >= 11 is 0. The highest BCUT2D eigenvalue weighted by atomic mass is 32.2. The molecule has 1 aliphatic rings. The molecule has 2 heterocycles. The van der Waals surface area contributed by atoms with Crippen molar-refractivity contribution in [2.45, 2.75) is 32.1 Å². The zero-order valence-corrected chi connectivity index (χ0v) is 18.2. The molecule has 0 spiro atoms. The zero-order chi connectivity index (χ0) is 21.2. The van der Waals surface area contributed by atoms with Gasteiger partial charge in [-0.3, -0.25) is 9.48 Å². The van der Waals surface area contributed by atoms with Crippen molar-refractivity contribution in [2.75, 3.05) is 32.8 Å². The second-order valence-corrected chi connectivity index (χ2v) is 9.19. The molecule has 0 bridgehead atoms. The van der Waals surface area contributed by atoms with Crippen LogP contribution >= 0.6 is 0 Å². The van der Waals surface area contributed by atoms with Crippen LogP contribution in [0.5, 0.6) is 5.75 Å². The molecule has 2 aromatic rings. The fraction of sp³-hybridized carbons (Fsp3) is 0.500. The molecule has 1 aliphatic heterocycles. The Kier molecular flexibility index (Phi) is 6.28. The first-order valence-corrected chi connectivity index (χ1v) is 11.1. The average molecular weight is 421 g/mol. The number of carbonyl (C=O) groups is 1. The molecular formula is C20H28N4O4S. The van der Waals surface area contributed by atoms with Gasteiger partial charge in [-0.15, -0.1) is 0 Å². The third-order valence-electron chi connectivity index (χ3n) is 5.29. The van der Waals surface area contributed by atoms with E-state index >= 15 is 0 Å². The third kappa shape index (κ3) is 4.45. The van der Waals surface area contributed by atoms with Gasteiger partial charge in [-0.1, -0.05) is 18.2 Å². The molecule has 9 heteroatoms. The molecular weight excluding hydrogens is 392 g/mol. The van der Waals surface area contributed by atoms with Crippen LogP contribution in [0.25, 0.3) is 0 Å². The monoisotopic (exact) mass is 420 g/mol. The maximum absolute atomic E-state index is 13.2. The Morgan fingerprint density at radius 3 is 2.48 bits per heavy atom. The van der Waals surface area contributed by atoms with E-state index in [2.05, 4.69) is 5.10 Å². The van der Waals surface area contributed by atoms with E-state index in [0.29, 0.717) is 43.2 Å². The highest BCUT2D eigenvalue weighted by molar-refractivity contribution is 7.89. The average Bonchev–Trinajstić information content (AvgIpc) is 2.85. The molecule has 1 aromatic carbocycles. The minimum atomic E-state index is -3.66. The van der Waals surface area contributed by atoms with Crippen molar-refractivity contribution in [2.24, 2.45) is 7.05 Å². The van der Waals surface area contributed by atoms with Gasteiger partial charge in [0.1, 0.15) is 10.6 Å². The van der Waals surface area contributed by atoms with E-state index in [1.54, 1.807) is 30.5 Å². The van der Waals surface area contributed by atoms with E-state index < -0.39 is 10.0 Å². The van der Waals surface area contributed by atoms with Gasteiger partial charge >= 0.3 is 0 Å². The van der Waals surface area contributed by atoms with Crippen molar-refractivity contribution in [3.63, 3.8) is 0 Å². The predicted molar refractivity (Wildman–Crippen MR) is 109 cm³/mol. The number of carbonyl (C=O) groups excluding carboxylic acids is 1. The summed E-state index contributed by atoms with van der Waals surface area (Å²) in [6.07, 6.45) is 0.577. The lowest BCUT2D eigenvalue weighted by Crippen LogP contribution is -2.39. The summed E-state index contributed by atoms with van der Waals surface area (Å²) in [7, 11) is -1.92. The van der Waals surface area contributed by atoms with Crippen LogP contribution in [0.4, 0.5) is 0 Å². The first-order chi connectivity index (χ1) is 13.7. The van der Waals surface area contributed by atoms with Crippen molar-refractivity contribution >= 4 is 15.9 Å². The quantitative estimate of drug-likeness (QED) is 0.734. The lowest BCUT2D eigenvalue weighted by atomic mass is 10.2. The molecule has 0 N–H and O–H groups in total. The number of rotatable bonds is 5. The molecule has 1 aromatic heterocycles. The molecule has 3 rings (SSSR count). The van der Waals surface area contributed by atoms with Crippen LogP contribution in [0.3, 0.4) is 0 Å². The molecule has 1 saturated heterocycles. The van der Waals surface area contributed by atoms with Crippen LogP contribution in [0.1, 0.15) is 23.4 Å². The molecule has 0 radical (unpaired) electrons. The standard InChI is InChI=1S/C20H28N4O4S/c1-15-8-5-6-9-18(15)28-14-19(25)23-10-7-11-24(13-12-23)29(26,27)20-16(2)21-22(4)17(20)3/h5-6,8-9H,7,10-14H2,1-4H3. The van der Waals surface area contributed by atoms with E-state index in [9.17, 15) is 13.2 Å². The topological polar surface area (TPSA) is 84.7 Å².